The Balaban J connectivity index is 1.43. The van der Waals surface area contributed by atoms with Gasteiger partial charge in [-0.1, -0.05) is 17.3 Å². The molecule has 1 aliphatic rings. The van der Waals surface area contributed by atoms with Crippen LogP contribution in [-0.2, 0) is 6.54 Å². The van der Waals surface area contributed by atoms with Crippen molar-refractivity contribution in [3.63, 3.8) is 0 Å². The number of hydrogen-bond acceptors (Lipinski definition) is 6. The van der Waals surface area contributed by atoms with Crippen molar-refractivity contribution < 1.29 is 14.1 Å². The van der Waals surface area contributed by atoms with E-state index in [1.165, 1.54) is 0 Å². The maximum Gasteiger partial charge on any atom is 0.253 e. The second kappa shape index (κ2) is 7.49. The van der Waals surface area contributed by atoms with E-state index in [1.807, 2.05) is 42.5 Å². The summed E-state index contributed by atoms with van der Waals surface area (Å²) in [6.07, 6.45) is 2.11. The molecule has 7 nitrogen and oxygen atoms in total. The van der Waals surface area contributed by atoms with Crippen molar-refractivity contribution in [2.24, 2.45) is 0 Å². The Morgan fingerprint density at radius 2 is 1.96 bits per heavy atom. The first kappa shape index (κ1) is 17.1. The van der Waals surface area contributed by atoms with Crippen molar-refractivity contribution >= 4 is 11.6 Å². The van der Waals surface area contributed by atoms with E-state index in [4.69, 9.17) is 9.26 Å². The monoisotopic (exact) mass is 364 g/mol. The lowest BCUT2D eigenvalue weighted by Crippen LogP contribution is -2.26. The highest BCUT2D eigenvalue weighted by molar-refractivity contribution is 5.99. The molecule has 1 aliphatic carbocycles. The van der Waals surface area contributed by atoms with Gasteiger partial charge in [0.05, 0.1) is 19.2 Å². The van der Waals surface area contributed by atoms with Crippen LogP contribution in [0.15, 0.2) is 53.1 Å². The highest BCUT2D eigenvalue weighted by Crippen LogP contribution is 2.23. The quantitative estimate of drug-likeness (QED) is 0.669. The number of para-hydroxylation sites is 1. The van der Waals surface area contributed by atoms with Crippen LogP contribution in [0.25, 0.3) is 11.4 Å². The van der Waals surface area contributed by atoms with Gasteiger partial charge in [-0.25, -0.2) is 0 Å². The van der Waals surface area contributed by atoms with Gasteiger partial charge in [0.1, 0.15) is 5.75 Å². The molecule has 1 saturated carbocycles. The van der Waals surface area contributed by atoms with Gasteiger partial charge in [-0.15, -0.1) is 0 Å². The van der Waals surface area contributed by atoms with Crippen molar-refractivity contribution in [1.29, 1.82) is 0 Å². The van der Waals surface area contributed by atoms with Crippen LogP contribution < -0.4 is 15.4 Å². The average molecular weight is 364 g/mol. The number of nitrogens with zero attached hydrogens (tertiary/aromatic N) is 2. The van der Waals surface area contributed by atoms with Crippen LogP contribution in [0.2, 0.25) is 0 Å². The van der Waals surface area contributed by atoms with E-state index in [1.54, 1.807) is 13.2 Å². The summed E-state index contributed by atoms with van der Waals surface area (Å²) in [5, 5.41) is 10.2. The third-order valence-electron chi connectivity index (χ3n) is 4.33. The van der Waals surface area contributed by atoms with Gasteiger partial charge in [0, 0.05) is 17.3 Å². The molecule has 2 aromatic carbocycles. The number of hydrogen-bond donors (Lipinski definition) is 2. The lowest BCUT2D eigenvalue weighted by atomic mass is 10.1. The summed E-state index contributed by atoms with van der Waals surface area (Å²) in [6.45, 7) is 0.330. The largest absolute Gasteiger partial charge is 0.497 e. The Morgan fingerprint density at radius 1 is 1.19 bits per heavy atom. The second-order valence-electron chi connectivity index (χ2n) is 6.39. The van der Waals surface area contributed by atoms with E-state index in [0.717, 1.165) is 29.8 Å². The minimum atomic E-state index is -0.0648. The molecule has 1 amide bonds. The highest BCUT2D eigenvalue weighted by Gasteiger charge is 2.24. The molecule has 1 heterocycles. The summed E-state index contributed by atoms with van der Waals surface area (Å²) in [4.78, 5) is 16.8. The highest BCUT2D eigenvalue weighted by atomic mass is 16.5. The van der Waals surface area contributed by atoms with E-state index in [2.05, 4.69) is 20.8 Å². The number of rotatable bonds is 7. The van der Waals surface area contributed by atoms with Crippen LogP contribution in [0.1, 0.15) is 29.1 Å². The van der Waals surface area contributed by atoms with E-state index >= 15 is 0 Å². The van der Waals surface area contributed by atoms with Crippen LogP contribution >= 0.6 is 0 Å². The Kier molecular flexibility index (Phi) is 4.74. The fourth-order valence-electron chi connectivity index (χ4n) is 2.68. The molecule has 0 aliphatic heterocycles. The molecule has 1 fully saturated rings. The number of anilines is 1. The smallest absolute Gasteiger partial charge is 0.253 e. The minimum absolute atomic E-state index is 0.0648. The molecule has 0 bridgehead atoms. The minimum Gasteiger partial charge on any atom is -0.497 e. The number of ether oxygens (including phenoxy) is 1. The summed E-state index contributed by atoms with van der Waals surface area (Å²) in [5.41, 5.74) is 2.19. The lowest BCUT2D eigenvalue weighted by molar-refractivity contribution is 0.0952. The molecular formula is C20H20N4O3. The fraction of sp³-hybridized carbons (Fsp3) is 0.250. The number of methoxy groups -OCH3 is 1. The normalized spacial score (nSPS) is 13.2. The second-order valence-corrected chi connectivity index (χ2v) is 6.39. The number of aromatic nitrogens is 2. The molecule has 4 rings (SSSR count). The molecule has 3 aromatic rings. The van der Waals surface area contributed by atoms with Crippen molar-refractivity contribution in [2.75, 3.05) is 12.4 Å². The van der Waals surface area contributed by atoms with Crippen LogP contribution in [0.4, 0.5) is 5.69 Å². The Morgan fingerprint density at radius 3 is 2.70 bits per heavy atom. The zero-order valence-corrected chi connectivity index (χ0v) is 14.9. The van der Waals surface area contributed by atoms with E-state index in [9.17, 15) is 4.79 Å². The number of amides is 1. The third-order valence-corrected chi connectivity index (χ3v) is 4.33. The number of carbonyl (C=O) groups is 1. The molecule has 138 valence electrons. The van der Waals surface area contributed by atoms with Gasteiger partial charge in [0.15, 0.2) is 0 Å². The molecule has 2 N–H and O–H groups in total. The van der Waals surface area contributed by atoms with Crippen LogP contribution in [-0.4, -0.2) is 29.2 Å². The third kappa shape index (κ3) is 4.08. The molecular weight excluding hydrogens is 344 g/mol. The molecule has 0 radical (unpaired) electrons. The van der Waals surface area contributed by atoms with Crippen molar-refractivity contribution in [2.45, 2.75) is 25.4 Å². The average Bonchev–Trinajstić information content (AvgIpc) is 3.40. The Hall–Kier alpha value is -3.35. The van der Waals surface area contributed by atoms with Crippen LogP contribution in [0.3, 0.4) is 0 Å². The molecule has 1 aromatic heterocycles. The summed E-state index contributed by atoms with van der Waals surface area (Å²) >= 11 is 0. The number of carbonyl (C=O) groups excluding carboxylic acids is 1. The standard InChI is InChI=1S/C20H20N4O3/c1-26-15-10-6-13(7-11-15)19-23-18(27-24-19)12-21-17-5-3-2-4-16(17)20(25)22-14-8-9-14/h2-7,10-11,14,21H,8-9,12H2,1H3,(H,22,25). The van der Waals surface area contributed by atoms with Gasteiger partial charge in [-0.05, 0) is 49.2 Å². The number of benzene rings is 2. The van der Waals surface area contributed by atoms with Gasteiger partial charge < -0.3 is 19.9 Å². The Labute approximate surface area is 156 Å². The topological polar surface area (TPSA) is 89.3 Å². The van der Waals surface area contributed by atoms with Gasteiger partial charge in [-0.3, -0.25) is 4.79 Å². The number of nitrogens with one attached hydrogen (secondary N) is 2. The fourth-order valence-corrected chi connectivity index (χ4v) is 2.68. The summed E-state index contributed by atoms with van der Waals surface area (Å²) in [7, 11) is 1.62. The summed E-state index contributed by atoms with van der Waals surface area (Å²) in [6, 6.07) is 15.1. The SMILES string of the molecule is COc1ccc(-c2noc(CNc3ccccc3C(=O)NC3CC3)n2)cc1. The van der Waals surface area contributed by atoms with Crippen molar-refractivity contribution in [1.82, 2.24) is 15.5 Å². The van der Waals surface area contributed by atoms with Crippen molar-refractivity contribution in [3.05, 3.63) is 60.0 Å². The van der Waals surface area contributed by atoms with Gasteiger partial charge in [0.2, 0.25) is 11.7 Å². The van der Waals surface area contributed by atoms with Crippen LogP contribution in [0, 0.1) is 0 Å². The first-order valence-corrected chi connectivity index (χ1v) is 8.84. The molecule has 0 saturated heterocycles. The molecule has 0 spiro atoms. The van der Waals surface area contributed by atoms with E-state index < -0.39 is 0 Å². The van der Waals surface area contributed by atoms with E-state index in [-0.39, 0.29) is 5.91 Å². The van der Waals surface area contributed by atoms with Gasteiger partial charge in [-0.2, -0.15) is 4.98 Å². The van der Waals surface area contributed by atoms with Gasteiger partial charge in [0.25, 0.3) is 5.91 Å². The molecule has 0 atom stereocenters. The molecule has 7 heteroatoms. The first-order valence-electron chi connectivity index (χ1n) is 8.84. The lowest BCUT2D eigenvalue weighted by Gasteiger charge is -2.10. The maximum absolute atomic E-state index is 12.4. The predicted octanol–water partition coefficient (Wildman–Crippen LogP) is 3.25. The van der Waals surface area contributed by atoms with Crippen LogP contribution in [0.5, 0.6) is 5.75 Å². The maximum atomic E-state index is 12.4. The predicted molar refractivity (Wildman–Crippen MR) is 101 cm³/mol. The first-order chi connectivity index (χ1) is 13.2. The van der Waals surface area contributed by atoms with Crippen molar-refractivity contribution in [3.8, 4) is 17.1 Å². The zero-order valence-electron chi connectivity index (χ0n) is 14.9. The van der Waals surface area contributed by atoms with Gasteiger partial charge >= 0.3 is 0 Å². The summed E-state index contributed by atoms with van der Waals surface area (Å²) in [5.74, 6) is 1.66. The molecule has 0 unspecified atom stereocenters. The summed E-state index contributed by atoms with van der Waals surface area (Å²) < 4.78 is 10.5. The van der Waals surface area contributed by atoms with E-state index in [0.29, 0.717) is 29.9 Å². The molecule has 27 heavy (non-hydrogen) atoms. The zero-order chi connectivity index (χ0) is 18.6. The Bertz CT molecular complexity index is 932.